The van der Waals surface area contributed by atoms with Gasteiger partial charge < -0.3 is 10.1 Å². The van der Waals surface area contributed by atoms with Crippen molar-refractivity contribution in [3.05, 3.63) is 81.5 Å². The molecule has 0 unspecified atom stereocenters. The number of methoxy groups -OCH3 is 1. The third kappa shape index (κ3) is 5.45. The lowest BCUT2D eigenvalue weighted by Crippen LogP contribution is -2.38. The van der Waals surface area contributed by atoms with E-state index in [0.29, 0.717) is 10.7 Å². The van der Waals surface area contributed by atoms with Crippen LogP contribution in [0.3, 0.4) is 0 Å². The van der Waals surface area contributed by atoms with E-state index in [4.69, 9.17) is 39.5 Å². The summed E-state index contributed by atoms with van der Waals surface area (Å²) < 4.78 is 46.1. The summed E-state index contributed by atoms with van der Waals surface area (Å²) in [4.78, 5) is 12.5. The second-order valence-electron chi connectivity index (χ2n) is 6.46. The van der Waals surface area contributed by atoms with E-state index < -0.39 is 28.3 Å². The predicted molar refractivity (Wildman–Crippen MR) is 124 cm³/mol. The monoisotopic (exact) mass is 516 g/mol. The summed E-state index contributed by atoms with van der Waals surface area (Å²) in [6.45, 7) is -0.632. The summed E-state index contributed by atoms with van der Waals surface area (Å²) in [7, 11) is -2.97. The summed E-state index contributed by atoms with van der Waals surface area (Å²) >= 11 is 18.2. The molecule has 6 nitrogen and oxygen atoms in total. The largest absolute Gasteiger partial charge is 0.495 e. The summed E-state index contributed by atoms with van der Waals surface area (Å²) in [5.74, 6) is -1.10. The number of benzene rings is 3. The zero-order chi connectivity index (χ0) is 23.5. The molecule has 0 radical (unpaired) electrons. The van der Waals surface area contributed by atoms with Gasteiger partial charge in [0.2, 0.25) is 5.91 Å². The van der Waals surface area contributed by atoms with Gasteiger partial charge in [-0.25, -0.2) is 12.8 Å². The zero-order valence-corrected chi connectivity index (χ0v) is 19.6. The molecule has 0 spiro atoms. The van der Waals surface area contributed by atoms with E-state index >= 15 is 0 Å². The van der Waals surface area contributed by atoms with Gasteiger partial charge in [0.25, 0.3) is 10.0 Å². The van der Waals surface area contributed by atoms with E-state index in [2.05, 4.69) is 5.32 Å². The molecule has 3 aromatic carbocycles. The number of nitrogens with zero attached hydrogens (tertiary/aromatic N) is 1. The molecule has 0 bridgehead atoms. The third-order valence-corrected chi connectivity index (χ3v) is 6.93. The first-order valence-electron chi connectivity index (χ1n) is 8.98. The van der Waals surface area contributed by atoms with Crippen LogP contribution in [0.4, 0.5) is 15.8 Å². The molecular weight excluding hydrogens is 502 g/mol. The van der Waals surface area contributed by atoms with Gasteiger partial charge in [-0.15, -0.1) is 0 Å². The van der Waals surface area contributed by atoms with E-state index in [1.807, 2.05) is 0 Å². The molecule has 0 aliphatic rings. The van der Waals surface area contributed by atoms with Crippen LogP contribution >= 0.6 is 34.8 Å². The lowest BCUT2D eigenvalue weighted by Gasteiger charge is -2.25. The molecule has 0 aliphatic carbocycles. The number of anilines is 2. The maximum atomic E-state index is 13.4. The molecule has 3 aromatic rings. The molecule has 1 N–H and O–H groups in total. The van der Waals surface area contributed by atoms with E-state index in [9.17, 15) is 17.6 Å². The van der Waals surface area contributed by atoms with Gasteiger partial charge in [0.05, 0.1) is 27.7 Å². The number of amides is 1. The highest BCUT2D eigenvalue weighted by Gasteiger charge is 2.30. The van der Waals surface area contributed by atoms with Gasteiger partial charge in [-0.05, 0) is 54.6 Å². The van der Waals surface area contributed by atoms with Gasteiger partial charge in [-0.2, -0.15) is 0 Å². The first-order chi connectivity index (χ1) is 15.1. The van der Waals surface area contributed by atoms with E-state index in [-0.39, 0.29) is 26.4 Å². The second kappa shape index (κ2) is 9.95. The average molecular weight is 518 g/mol. The zero-order valence-electron chi connectivity index (χ0n) is 16.5. The summed E-state index contributed by atoms with van der Waals surface area (Å²) in [6, 6.07) is 13.1. The molecule has 0 fully saturated rings. The summed E-state index contributed by atoms with van der Waals surface area (Å²) in [5.41, 5.74) is 0.377. The van der Waals surface area contributed by atoms with E-state index in [1.165, 1.54) is 19.2 Å². The Morgan fingerprint density at radius 1 is 1.00 bits per heavy atom. The van der Waals surface area contributed by atoms with Crippen LogP contribution in [0, 0.1) is 5.82 Å². The van der Waals surface area contributed by atoms with Crippen LogP contribution in [-0.2, 0) is 14.8 Å². The van der Waals surface area contributed by atoms with Crippen molar-refractivity contribution < 1.29 is 22.3 Å². The van der Waals surface area contributed by atoms with Crippen LogP contribution in [0.25, 0.3) is 0 Å². The maximum absolute atomic E-state index is 13.4. The van der Waals surface area contributed by atoms with Gasteiger partial charge in [-0.1, -0.05) is 34.8 Å². The Morgan fingerprint density at radius 3 is 2.22 bits per heavy atom. The highest BCUT2D eigenvalue weighted by Crippen LogP contribution is 2.38. The van der Waals surface area contributed by atoms with Gasteiger partial charge in [0.1, 0.15) is 18.1 Å². The molecular formula is C21H16Cl3FN2O4S. The second-order valence-corrected chi connectivity index (χ2v) is 9.57. The minimum atomic E-state index is -4.32. The fraction of sp³-hybridized carbons (Fsp3) is 0.0952. The van der Waals surface area contributed by atoms with Crippen molar-refractivity contribution in [1.29, 1.82) is 0 Å². The first-order valence-corrected chi connectivity index (χ1v) is 11.6. The van der Waals surface area contributed by atoms with Crippen LogP contribution in [0.1, 0.15) is 0 Å². The Balaban J connectivity index is 2.04. The number of hydrogen-bond acceptors (Lipinski definition) is 4. The van der Waals surface area contributed by atoms with Gasteiger partial charge in [0.15, 0.2) is 0 Å². The van der Waals surface area contributed by atoms with Crippen LogP contribution in [0.2, 0.25) is 15.1 Å². The Bertz CT molecular complexity index is 1240. The number of rotatable bonds is 7. The average Bonchev–Trinajstić information content (AvgIpc) is 2.74. The fourth-order valence-corrected chi connectivity index (χ4v) is 4.93. The Kier molecular flexibility index (Phi) is 7.51. The summed E-state index contributed by atoms with van der Waals surface area (Å²) in [5, 5.41) is 3.20. The van der Waals surface area contributed by atoms with Crippen LogP contribution < -0.4 is 14.4 Å². The Labute approximate surface area is 199 Å². The number of hydrogen-bond donors (Lipinski definition) is 1. The molecule has 1 amide bonds. The smallest absolute Gasteiger partial charge is 0.264 e. The van der Waals surface area contributed by atoms with Crippen molar-refractivity contribution in [2.45, 2.75) is 4.90 Å². The maximum Gasteiger partial charge on any atom is 0.264 e. The van der Waals surface area contributed by atoms with Gasteiger partial charge in [0, 0.05) is 16.8 Å². The number of nitrogens with one attached hydrogen (secondary N) is 1. The number of sulfonamides is 1. The molecule has 0 aromatic heterocycles. The molecule has 3 rings (SSSR count). The topological polar surface area (TPSA) is 75.7 Å². The molecule has 168 valence electrons. The normalized spacial score (nSPS) is 11.2. The SMILES string of the molecule is COc1cc(N(CC(=O)Nc2ccc(Cl)cc2)S(=O)(=O)c2ccc(F)cc2)c(Cl)cc1Cl. The minimum Gasteiger partial charge on any atom is -0.495 e. The molecule has 0 saturated heterocycles. The lowest BCUT2D eigenvalue weighted by molar-refractivity contribution is -0.114. The molecule has 11 heteroatoms. The third-order valence-electron chi connectivity index (χ3n) is 4.31. The van der Waals surface area contributed by atoms with Crippen LogP contribution in [-0.4, -0.2) is 28.0 Å². The molecule has 0 saturated carbocycles. The standard InChI is InChI=1S/C21H16Cl3FN2O4S/c1-31-20-11-19(17(23)10-18(20)24)27(32(29,30)16-8-4-14(25)5-9-16)12-21(28)26-15-6-2-13(22)3-7-15/h2-11H,12H2,1H3,(H,26,28). The van der Waals surface area contributed by atoms with Crippen molar-refractivity contribution in [1.82, 2.24) is 0 Å². The number of carbonyl (C=O) groups excluding carboxylic acids is 1. The van der Waals surface area contributed by atoms with Crippen molar-refractivity contribution in [3.63, 3.8) is 0 Å². The predicted octanol–water partition coefficient (Wildman–Crippen LogP) is 5.63. The van der Waals surface area contributed by atoms with Crippen molar-refractivity contribution >= 4 is 62.1 Å². The first kappa shape index (κ1) is 24.1. The molecule has 32 heavy (non-hydrogen) atoms. The van der Waals surface area contributed by atoms with Gasteiger partial charge >= 0.3 is 0 Å². The quantitative estimate of drug-likeness (QED) is 0.441. The van der Waals surface area contributed by atoms with E-state index in [1.54, 1.807) is 24.3 Å². The molecule has 0 heterocycles. The lowest BCUT2D eigenvalue weighted by atomic mass is 10.3. The van der Waals surface area contributed by atoms with Crippen LogP contribution in [0.5, 0.6) is 5.75 Å². The number of carbonyl (C=O) groups is 1. The van der Waals surface area contributed by atoms with Crippen molar-refractivity contribution in [2.75, 3.05) is 23.3 Å². The van der Waals surface area contributed by atoms with Crippen molar-refractivity contribution in [2.24, 2.45) is 0 Å². The van der Waals surface area contributed by atoms with Gasteiger partial charge in [-0.3, -0.25) is 9.10 Å². The Morgan fingerprint density at radius 2 is 1.62 bits per heavy atom. The molecule has 0 atom stereocenters. The van der Waals surface area contributed by atoms with Crippen LogP contribution in [0.15, 0.2) is 65.6 Å². The molecule has 0 aliphatic heterocycles. The van der Waals surface area contributed by atoms with Crippen molar-refractivity contribution in [3.8, 4) is 5.75 Å². The minimum absolute atomic E-state index is 0.0271. The number of ether oxygens (including phenoxy) is 1. The Hall–Kier alpha value is -2.52. The summed E-state index contributed by atoms with van der Waals surface area (Å²) in [6.07, 6.45) is 0. The van der Waals surface area contributed by atoms with E-state index in [0.717, 1.165) is 28.6 Å². The fourth-order valence-electron chi connectivity index (χ4n) is 2.76. The number of halogens is 4. The highest BCUT2D eigenvalue weighted by molar-refractivity contribution is 7.92. The highest BCUT2D eigenvalue weighted by atomic mass is 35.5.